The Kier molecular flexibility index (Phi) is 66.3. The van der Waals surface area contributed by atoms with Crippen LogP contribution in [0.1, 0.15) is 316 Å². The lowest BCUT2D eigenvalue weighted by molar-refractivity contribution is -0.167. The summed E-state index contributed by atoms with van der Waals surface area (Å²) in [6.07, 6.45) is 98.9. The van der Waals surface area contributed by atoms with Crippen LogP contribution in [-0.2, 0) is 28.6 Å². The van der Waals surface area contributed by atoms with Crippen LogP contribution in [0.3, 0.4) is 0 Å². The molecule has 0 rings (SSSR count). The molecule has 0 aromatic rings. The second-order valence-electron chi connectivity index (χ2n) is 22.6. The third-order valence-corrected chi connectivity index (χ3v) is 14.6. The van der Waals surface area contributed by atoms with Crippen molar-refractivity contribution in [1.29, 1.82) is 0 Å². The zero-order chi connectivity index (χ0) is 59.9. The fourth-order valence-electron chi connectivity index (χ4n) is 9.56. The molecular formula is C77H128O6. The van der Waals surface area contributed by atoms with E-state index in [9.17, 15) is 14.4 Å². The molecule has 1 unspecified atom stereocenters. The molecule has 0 radical (unpaired) electrons. The molecule has 0 aromatic heterocycles. The van der Waals surface area contributed by atoms with Crippen molar-refractivity contribution < 1.29 is 28.6 Å². The van der Waals surface area contributed by atoms with Gasteiger partial charge in [-0.15, -0.1) is 0 Å². The molecule has 0 heterocycles. The number of rotatable bonds is 62. The molecule has 0 aliphatic heterocycles. The van der Waals surface area contributed by atoms with Crippen molar-refractivity contribution in [2.24, 2.45) is 0 Å². The van der Waals surface area contributed by atoms with Crippen LogP contribution in [0, 0.1) is 0 Å². The maximum Gasteiger partial charge on any atom is 0.306 e. The standard InChI is InChI=1S/C77H128O6/c1-4-7-10-13-16-19-22-25-28-31-33-35-36-37-38-39-40-42-43-46-49-52-55-58-61-64-67-70-76(79)82-73-74(72-81-75(78)69-66-63-60-57-54-51-48-45-30-27-24-21-18-15-12-9-6-3)83-77(80)71-68-65-62-59-56-53-50-47-44-41-34-32-29-26-23-20-17-14-11-8-5-2/h7-12,16-21,25-30,33-35,41,74H,4-6,13-15,22-24,31-32,36-40,42-73H2,1-3H3/b10-7-,11-8-,12-9-,19-16-,20-17-,21-18-,28-25-,29-26-,30-27-,35-33-,41-34-. The summed E-state index contributed by atoms with van der Waals surface area (Å²) >= 11 is 0. The molecule has 0 bridgehead atoms. The number of esters is 3. The largest absolute Gasteiger partial charge is 0.462 e. The highest BCUT2D eigenvalue weighted by Gasteiger charge is 2.19. The first-order valence-electron chi connectivity index (χ1n) is 34.7. The summed E-state index contributed by atoms with van der Waals surface area (Å²) < 4.78 is 17.0. The zero-order valence-corrected chi connectivity index (χ0v) is 54.2. The van der Waals surface area contributed by atoms with E-state index in [2.05, 4.69) is 154 Å². The first-order valence-corrected chi connectivity index (χ1v) is 34.7. The van der Waals surface area contributed by atoms with Crippen LogP contribution in [0.25, 0.3) is 0 Å². The van der Waals surface area contributed by atoms with E-state index in [1.54, 1.807) is 0 Å². The second-order valence-corrected chi connectivity index (χ2v) is 22.6. The molecule has 6 nitrogen and oxygen atoms in total. The summed E-state index contributed by atoms with van der Waals surface area (Å²) in [5, 5.41) is 0. The maximum absolute atomic E-state index is 13.0. The fourth-order valence-corrected chi connectivity index (χ4v) is 9.56. The summed E-state index contributed by atoms with van der Waals surface area (Å²) in [6.45, 7) is 6.32. The maximum atomic E-state index is 13.0. The van der Waals surface area contributed by atoms with E-state index in [-0.39, 0.29) is 31.1 Å². The lowest BCUT2D eigenvalue weighted by atomic mass is 10.0. The number of hydrogen-bond acceptors (Lipinski definition) is 6. The summed E-state index contributed by atoms with van der Waals surface area (Å²) in [4.78, 5) is 38.5. The molecule has 0 saturated carbocycles. The molecule has 6 heteroatoms. The van der Waals surface area contributed by atoms with Gasteiger partial charge in [-0.3, -0.25) is 14.4 Å². The van der Waals surface area contributed by atoms with Crippen molar-refractivity contribution in [1.82, 2.24) is 0 Å². The van der Waals surface area contributed by atoms with Gasteiger partial charge in [-0.1, -0.05) is 302 Å². The lowest BCUT2D eigenvalue weighted by Gasteiger charge is -2.18. The average Bonchev–Trinajstić information content (AvgIpc) is 3.49. The topological polar surface area (TPSA) is 78.9 Å². The van der Waals surface area contributed by atoms with Crippen LogP contribution in [0.2, 0.25) is 0 Å². The Morgan fingerprint density at radius 1 is 0.241 bits per heavy atom. The predicted molar refractivity (Wildman–Crippen MR) is 362 cm³/mol. The highest BCUT2D eigenvalue weighted by molar-refractivity contribution is 5.71. The Labute approximate surface area is 513 Å². The molecule has 1 atom stereocenters. The monoisotopic (exact) mass is 1150 g/mol. The quantitative estimate of drug-likeness (QED) is 0.0261. The molecule has 0 aliphatic carbocycles. The second kappa shape index (κ2) is 70.0. The van der Waals surface area contributed by atoms with Crippen molar-refractivity contribution >= 4 is 17.9 Å². The van der Waals surface area contributed by atoms with Crippen molar-refractivity contribution in [3.63, 3.8) is 0 Å². The first-order chi connectivity index (χ1) is 41.0. The van der Waals surface area contributed by atoms with Gasteiger partial charge in [0.15, 0.2) is 6.10 Å². The molecule has 0 N–H and O–H groups in total. The minimum absolute atomic E-state index is 0.0867. The van der Waals surface area contributed by atoms with Crippen LogP contribution in [0.4, 0.5) is 0 Å². The minimum atomic E-state index is -0.793. The van der Waals surface area contributed by atoms with Crippen LogP contribution >= 0.6 is 0 Å². The fraction of sp³-hybridized carbons (Fsp3) is 0.675. The van der Waals surface area contributed by atoms with E-state index in [0.717, 1.165) is 141 Å². The minimum Gasteiger partial charge on any atom is -0.462 e. The van der Waals surface area contributed by atoms with E-state index in [4.69, 9.17) is 14.2 Å². The number of hydrogen-bond donors (Lipinski definition) is 0. The number of allylic oxidation sites excluding steroid dienone is 22. The normalized spacial score (nSPS) is 13.0. The molecule has 0 saturated heterocycles. The predicted octanol–water partition coefficient (Wildman–Crippen LogP) is 24.1. The van der Waals surface area contributed by atoms with Crippen LogP contribution < -0.4 is 0 Å². The third kappa shape index (κ3) is 68.2. The highest BCUT2D eigenvalue weighted by atomic mass is 16.6. The summed E-state index contributed by atoms with van der Waals surface area (Å²) in [5.41, 5.74) is 0. The first kappa shape index (κ1) is 78.5. The Hall–Kier alpha value is -4.45. The molecular weight excluding hydrogens is 1020 g/mol. The van der Waals surface area contributed by atoms with Gasteiger partial charge in [0, 0.05) is 19.3 Å². The van der Waals surface area contributed by atoms with Crippen molar-refractivity contribution in [2.75, 3.05) is 13.2 Å². The number of unbranched alkanes of at least 4 members (excludes halogenated alkanes) is 29. The van der Waals surface area contributed by atoms with Crippen LogP contribution in [-0.4, -0.2) is 37.2 Å². The Morgan fingerprint density at radius 2 is 0.434 bits per heavy atom. The molecule has 0 fully saturated rings. The lowest BCUT2D eigenvalue weighted by Crippen LogP contribution is -2.30. The molecule has 0 spiro atoms. The van der Waals surface area contributed by atoms with Gasteiger partial charge in [-0.05, 0) is 128 Å². The third-order valence-electron chi connectivity index (χ3n) is 14.6. The number of carbonyl (C=O) groups excluding carboxylic acids is 3. The van der Waals surface area contributed by atoms with Gasteiger partial charge in [0.2, 0.25) is 0 Å². The van der Waals surface area contributed by atoms with Gasteiger partial charge in [-0.25, -0.2) is 0 Å². The van der Waals surface area contributed by atoms with Gasteiger partial charge in [-0.2, -0.15) is 0 Å². The van der Waals surface area contributed by atoms with Gasteiger partial charge < -0.3 is 14.2 Å². The summed E-state index contributed by atoms with van der Waals surface area (Å²) in [7, 11) is 0. The Bertz CT molecular complexity index is 1750. The van der Waals surface area contributed by atoms with Crippen LogP contribution in [0.5, 0.6) is 0 Å². The van der Waals surface area contributed by atoms with Gasteiger partial charge in [0.1, 0.15) is 13.2 Å². The smallest absolute Gasteiger partial charge is 0.306 e. The van der Waals surface area contributed by atoms with E-state index in [1.165, 1.54) is 135 Å². The molecule has 0 amide bonds. The molecule has 0 aromatic carbocycles. The van der Waals surface area contributed by atoms with Crippen molar-refractivity contribution in [3.8, 4) is 0 Å². The number of ether oxygens (including phenoxy) is 3. The molecule has 472 valence electrons. The van der Waals surface area contributed by atoms with Crippen LogP contribution in [0.15, 0.2) is 134 Å². The zero-order valence-electron chi connectivity index (χ0n) is 54.2. The van der Waals surface area contributed by atoms with Crippen molar-refractivity contribution in [3.05, 3.63) is 134 Å². The van der Waals surface area contributed by atoms with E-state index in [1.807, 2.05) is 0 Å². The van der Waals surface area contributed by atoms with E-state index in [0.29, 0.717) is 19.3 Å². The van der Waals surface area contributed by atoms with Crippen molar-refractivity contribution in [2.45, 2.75) is 322 Å². The van der Waals surface area contributed by atoms with Gasteiger partial charge >= 0.3 is 17.9 Å². The molecule has 0 aliphatic rings. The Balaban J connectivity index is 4.36. The average molecular weight is 1150 g/mol. The van der Waals surface area contributed by atoms with E-state index >= 15 is 0 Å². The summed E-state index contributed by atoms with van der Waals surface area (Å²) in [6, 6.07) is 0. The SMILES string of the molecule is CC/C=C\C/C=C\C/C=C\C/C=C\CCCCCCCCCCCCCCCCC(=O)OCC(COC(=O)CCCCCCCCC/C=C\C/C=C\C/C=C\CC)OC(=O)CCCCCCCCCC/C=C\C/C=C\C/C=C\C/C=C\CC. The van der Waals surface area contributed by atoms with Gasteiger partial charge in [0.05, 0.1) is 0 Å². The summed E-state index contributed by atoms with van der Waals surface area (Å²) in [5.74, 6) is -0.896. The highest BCUT2D eigenvalue weighted by Crippen LogP contribution is 2.17. The van der Waals surface area contributed by atoms with E-state index < -0.39 is 6.10 Å². The molecule has 83 heavy (non-hydrogen) atoms. The Morgan fingerprint density at radius 3 is 0.675 bits per heavy atom. The van der Waals surface area contributed by atoms with Gasteiger partial charge in [0.25, 0.3) is 0 Å². The number of carbonyl (C=O) groups is 3.